The van der Waals surface area contributed by atoms with Crippen LogP contribution in [0.4, 0.5) is 0 Å². The molecule has 0 spiro atoms. The summed E-state index contributed by atoms with van der Waals surface area (Å²) in [7, 11) is 0. The van der Waals surface area contributed by atoms with Crippen molar-refractivity contribution in [2.75, 3.05) is 6.61 Å². The van der Waals surface area contributed by atoms with E-state index in [0.29, 0.717) is 6.42 Å². The van der Waals surface area contributed by atoms with E-state index in [1.54, 1.807) is 6.92 Å². The van der Waals surface area contributed by atoms with Gasteiger partial charge in [0.05, 0.1) is 12.7 Å². The fraction of sp³-hybridized carbons (Fsp3) is 0.467. The molecule has 1 rings (SSSR count). The van der Waals surface area contributed by atoms with Gasteiger partial charge in [-0.1, -0.05) is 37.6 Å². The van der Waals surface area contributed by atoms with Crippen LogP contribution in [0.3, 0.4) is 0 Å². The van der Waals surface area contributed by atoms with Crippen molar-refractivity contribution in [3.05, 3.63) is 35.9 Å². The van der Waals surface area contributed by atoms with Gasteiger partial charge in [0.25, 0.3) is 0 Å². The smallest absolute Gasteiger partial charge is 0.119 e. The van der Waals surface area contributed by atoms with Gasteiger partial charge in [0.15, 0.2) is 0 Å². The Morgan fingerprint density at radius 2 is 2.24 bits per heavy atom. The highest BCUT2D eigenvalue weighted by Gasteiger charge is 1.95. The molecule has 0 aliphatic carbocycles. The van der Waals surface area contributed by atoms with Crippen LogP contribution in [-0.2, 0) is 0 Å². The normalized spacial score (nSPS) is 12.9. The standard InChI is InChI=1S/C15H22O2/c1-3-4-11-17-15-10-6-9-14(12-15)8-5-7-13(2)16/h5-6,8-10,12-13,16H,3-4,7,11H2,1-2H3/b8-5+. The average molecular weight is 234 g/mol. The molecule has 0 radical (unpaired) electrons. The molecule has 1 aromatic carbocycles. The van der Waals surface area contributed by atoms with Crippen LogP contribution in [0.5, 0.6) is 5.75 Å². The lowest BCUT2D eigenvalue weighted by molar-refractivity contribution is 0.199. The molecule has 94 valence electrons. The van der Waals surface area contributed by atoms with E-state index >= 15 is 0 Å². The molecule has 1 unspecified atom stereocenters. The van der Waals surface area contributed by atoms with Gasteiger partial charge in [-0.2, -0.15) is 0 Å². The zero-order valence-electron chi connectivity index (χ0n) is 10.7. The quantitative estimate of drug-likeness (QED) is 0.730. The highest BCUT2D eigenvalue weighted by atomic mass is 16.5. The maximum absolute atomic E-state index is 9.15. The number of benzene rings is 1. The fourth-order valence-electron chi connectivity index (χ4n) is 1.44. The highest BCUT2D eigenvalue weighted by molar-refractivity contribution is 5.51. The third-order valence-corrected chi connectivity index (χ3v) is 2.41. The first-order valence-corrected chi connectivity index (χ1v) is 6.30. The Kier molecular flexibility index (Phi) is 6.41. The summed E-state index contributed by atoms with van der Waals surface area (Å²) >= 11 is 0. The van der Waals surface area contributed by atoms with Gasteiger partial charge in [-0.15, -0.1) is 0 Å². The second-order valence-corrected chi connectivity index (χ2v) is 4.26. The molecule has 0 heterocycles. The molecule has 0 saturated carbocycles. The summed E-state index contributed by atoms with van der Waals surface area (Å²) in [6, 6.07) is 8.02. The van der Waals surface area contributed by atoms with E-state index in [4.69, 9.17) is 9.84 Å². The van der Waals surface area contributed by atoms with E-state index in [-0.39, 0.29) is 6.10 Å². The molecule has 0 fully saturated rings. The van der Waals surface area contributed by atoms with Crippen molar-refractivity contribution in [2.24, 2.45) is 0 Å². The molecule has 17 heavy (non-hydrogen) atoms. The topological polar surface area (TPSA) is 29.5 Å². The first-order chi connectivity index (χ1) is 8.22. The lowest BCUT2D eigenvalue weighted by Crippen LogP contribution is -1.96. The van der Waals surface area contributed by atoms with Crippen LogP contribution in [0.1, 0.15) is 38.7 Å². The molecule has 2 heteroatoms. The van der Waals surface area contributed by atoms with Gasteiger partial charge in [0.1, 0.15) is 5.75 Å². The number of aliphatic hydroxyl groups is 1. The summed E-state index contributed by atoms with van der Waals surface area (Å²) in [5, 5.41) is 9.15. The number of unbranched alkanes of at least 4 members (excludes halogenated alkanes) is 1. The largest absolute Gasteiger partial charge is 0.494 e. The third-order valence-electron chi connectivity index (χ3n) is 2.41. The van der Waals surface area contributed by atoms with Gasteiger partial charge >= 0.3 is 0 Å². The van der Waals surface area contributed by atoms with E-state index in [0.717, 1.165) is 30.8 Å². The number of aliphatic hydroxyl groups excluding tert-OH is 1. The van der Waals surface area contributed by atoms with Crippen molar-refractivity contribution in [1.82, 2.24) is 0 Å². The van der Waals surface area contributed by atoms with E-state index in [9.17, 15) is 0 Å². The van der Waals surface area contributed by atoms with Crippen LogP contribution >= 0.6 is 0 Å². The molecule has 1 aromatic rings. The number of hydrogen-bond donors (Lipinski definition) is 1. The van der Waals surface area contributed by atoms with E-state index in [1.807, 2.05) is 36.4 Å². The molecular weight excluding hydrogens is 212 g/mol. The Morgan fingerprint density at radius 3 is 2.94 bits per heavy atom. The van der Waals surface area contributed by atoms with E-state index < -0.39 is 0 Å². The number of hydrogen-bond acceptors (Lipinski definition) is 2. The first-order valence-electron chi connectivity index (χ1n) is 6.30. The highest BCUT2D eigenvalue weighted by Crippen LogP contribution is 2.15. The predicted molar refractivity (Wildman–Crippen MR) is 72.2 cm³/mol. The van der Waals surface area contributed by atoms with Gasteiger partial charge in [-0.25, -0.2) is 0 Å². The molecule has 1 N–H and O–H groups in total. The number of rotatable bonds is 7. The Bertz CT molecular complexity index is 343. The first kappa shape index (κ1) is 13.8. The van der Waals surface area contributed by atoms with Gasteiger partial charge in [-0.3, -0.25) is 0 Å². The van der Waals surface area contributed by atoms with Crippen LogP contribution in [0, 0.1) is 0 Å². The van der Waals surface area contributed by atoms with E-state index in [2.05, 4.69) is 6.92 Å². The second kappa shape index (κ2) is 7.91. The molecule has 1 atom stereocenters. The van der Waals surface area contributed by atoms with Crippen molar-refractivity contribution in [2.45, 2.75) is 39.2 Å². The zero-order chi connectivity index (χ0) is 12.5. The van der Waals surface area contributed by atoms with Crippen molar-refractivity contribution in [3.63, 3.8) is 0 Å². The van der Waals surface area contributed by atoms with Gasteiger partial charge in [0, 0.05) is 0 Å². The second-order valence-electron chi connectivity index (χ2n) is 4.26. The van der Waals surface area contributed by atoms with Gasteiger partial charge < -0.3 is 9.84 Å². The zero-order valence-corrected chi connectivity index (χ0v) is 10.7. The minimum Gasteiger partial charge on any atom is -0.494 e. The molecule has 0 saturated heterocycles. The van der Waals surface area contributed by atoms with Gasteiger partial charge in [0.2, 0.25) is 0 Å². The monoisotopic (exact) mass is 234 g/mol. The summed E-state index contributed by atoms with van der Waals surface area (Å²) in [5.41, 5.74) is 1.11. The molecule has 0 aliphatic heterocycles. The molecule has 0 amide bonds. The Balaban J connectivity index is 2.50. The molecule has 0 bridgehead atoms. The minimum absolute atomic E-state index is 0.282. The number of ether oxygens (including phenoxy) is 1. The van der Waals surface area contributed by atoms with E-state index in [1.165, 1.54) is 0 Å². The fourth-order valence-corrected chi connectivity index (χ4v) is 1.44. The maximum Gasteiger partial charge on any atom is 0.119 e. The summed E-state index contributed by atoms with van der Waals surface area (Å²) in [4.78, 5) is 0. The minimum atomic E-state index is -0.282. The van der Waals surface area contributed by atoms with Gasteiger partial charge in [-0.05, 0) is 37.5 Å². The third kappa shape index (κ3) is 6.12. The summed E-state index contributed by atoms with van der Waals surface area (Å²) in [5.74, 6) is 0.914. The SMILES string of the molecule is CCCCOc1cccc(/C=C/CC(C)O)c1. The molecule has 0 aromatic heterocycles. The summed E-state index contributed by atoms with van der Waals surface area (Å²) in [6.07, 6.45) is 6.63. The van der Waals surface area contributed by atoms with Crippen LogP contribution in [-0.4, -0.2) is 17.8 Å². The van der Waals surface area contributed by atoms with Crippen LogP contribution in [0.25, 0.3) is 6.08 Å². The lowest BCUT2D eigenvalue weighted by Gasteiger charge is -2.05. The Morgan fingerprint density at radius 1 is 1.41 bits per heavy atom. The molecule has 0 aliphatic rings. The lowest BCUT2D eigenvalue weighted by atomic mass is 10.1. The van der Waals surface area contributed by atoms with Crippen LogP contribution in [0.15, 0.2) is 30.3 Å². The van der Waals surface area contributed by atoms with Crippen LogP contribution in [0.2, 0.25) is 0 Å². The van der Waals surface area contributed by atoms with Crippen LogP contribution < -0.4 is 4.74 Å². The molecular formula is C15H22O2. The van der Waals surface area contributed by atoms with Crippen molar-refractivity contribution < 1.29 is 9.84 Å². The predicted octanol–water partition coefficient (Wildman–Crippen LogP) is 3.65. The van der Waals surface area contributed by atoms with Crippen molar-refractivity contribution in [1.29, 1.82) is 0 Å². The average Bonchev–Trinajstić information content (AvgIpc) is 2.29. The van der Waals surface area contributed by atoms with Crippen molar-refractivity contribution in [3.8, 4) is 5.75 Å². The summed E-state index contributed by atoms with van der Waals surface area (Å²) < 4.78 is 5.63. The molecule has 2 nitrogen and oxygen atoms in total. The Hall–Kier alpha value is -1.28. The Labute approximate surface area is 104 Å². The maximum atomic E-state index is 9.15. The summed E-state index contributed by atoms with van der Waals surface area (Å²) in [6.45, 7) is 4.71. The van der Waals surface area contributed by atoms with Crippen molar-refractivity contribution >= 4 is 6.08 Å².